The van der Waals surface area contributed by atoms with Crippen LogP contribution in [0, 0.1) is 23.7 Å². The van der Waals surface area contributed by atoms with Gasteiger partial charge in [-0.1, -0.05) is 70.9 Å². The third kappa shape index (κ3) is 12.0. The molecule has 1 aliphatic heterocycles. The van der Waals surface area contributed by atoms with E-state index in [1.807, 2.05) is 48.5 Å². The van der Waals surface area contributed by atoms with Gasteiger partial charge >= 0.3 is 6.03 Å². The van der Waals surface area contributed by atoms with Gasteiger partial charge in [0.1, 0.15) is 18.3 Å². The topological polar surface area (TPSA) is 189 Å². The van der Waals surface area contributed by atoms with Crippen molar-refractivity contribution in [3.8, 4) is 0 Å². The third-order valence-corrected chi connectivity index (χ3v) is 9.39. The minimum Gasteiger partial charge on any atom is -0.376 e. The number of hydrogen-bond donors (Lipinski definition) is 6. The van der Waals surface area contributed by atoms with Gasteiger partial charge in [-0.05, 0) is 62.8 Å². The first-order valence-corrected chi connectivity index (χ1v) is 18.0. The van der Waals surface area contributed by atoms with E-state index in [2.05, 4.69) is 26.6 Å². The van der Waals surface area contributed by atoms with E-state index in [9.17, 15) is 33.9 Å². The van der Waals surface area contributed by atoms with Crippen LogP contribution in [0.3, 0.4) is 0 Å². The molecule has 1 aliphatic carbocycles. The van der Waals surface area contributed by atoms with Crippen molar-refractivity contribution >= 4 is 35.4 Å². The number of likely N-dealkylation sites (tertiary alicyclic amines) is 1. The fourth-order valence-electron chi connectivity index (χ4n) is 6.49. The Balaban J connectivity index is 1.73. The number of urea groups is 1. The van der Waals surface area contributed by atoms with Gasteiger partial charge in [0.25, 0.3) is 5.91 Å². The van der Waals surface area contributed by atoms with Gasteiger partial charge in [-0.25, -0.2) is 4.79 Å². The van der Waals surface area contributed by atoms with Crippen molar-refractivity contribution in [1.29, 1.82) is 0 Å². The molecular weight excluding hydrogens is 654 g/mol. The standard InChI is InChI=1S/C37H59N7O7/c1-21(2)25-17-18-44(35(50)28(22(3)4)41-36(51)42-37(5,6)7)30(25)32(47)39-26(19-23-15-16-23)31(46)33(48)38-20-27(45)40-29(34(49)43(8)9)24-13-11-10-12-14-24/h10-14,21-23,25-26,28-30,32,39,47H,15-20H2,1-9H3,(H,38,48)(H,40,45)(H2,41,42,51)/t25-,26?,28+,29+,30+,32?/m1/s1. The van der Waals surface area contributed by atoms with E-state index in [1.54, 1.807) is 49.3 Å². The molecule has 0 aromatic heterocycles. The van der Waals surface area contributed by atoms with Gasteiger partial charge in [0.2, 0.25) is 23.5 Å². The molecule has 6 atom stereocenters. The number of carbonyl (C=O) groups excluding carboxylic acids is 6. The van der Waals surface area contributed by atoms with Crippen LogP contribution in [-0.2, 0) is 24.0 Å². The summed E-state index contributed by atoms with van der Waals surface area (Å²) in [7, 11) is 3.14. The van der Waals surface area contributed by atoms with Crippen molar-refractivity contribution in [3.63, 3.8) is 0 Å². The van der Waals surface area contributed by atoms with Crippen molar-refractivity contribution in [2.24, 2.45) is 23.7 Å². The number of likely N-dealkylation sites (N-methyl/N-ethyl adjacent to an activating group) is 1. The van der Waals surface area contributed by atoms with Crippen LogP contribution in [0.2, 0.25) is 0 Å². The summed E-state index contributed by atoms with van der Waals surface area (Å²) < 4.78 is 0. The van der Waals surface area contributed by atoms with Crippen LogP contribution in [0.1, 0.15) is 85.8 Å². The maximum atomic E-state index is 14.0. The van der Waals surface area contributed by atoms with Crippen molar-refractivity contribution in [3.05, 3.63) is 35.9 Å². The number of rotatable bonds is 16. The number of carbonyl (C=O) groups is 6. The molecule has 2 fully saturated rings. The molecule has 1 heterocycles. The Hall–Kier alpha value is -4.04. The van der Waals surface area contributed by atoms with E-state index in [0.29, 0.717) is 24.9 Å². The van der Waals surface area contributed by atoms with Crippen LogP contribution in [0.4, 0.5) is 4.79 Å². The van der Waals surface area contributed by atoms with Gasteiger partial charge in [-0.3, -0.25) is 29.3 Å². The van der Waals surface area contributed by atoms with Crippen LogP contribution >= 0.6 is 0 Å². The zero-order valence-electron chi connectivity index (χ0n) is 31.6. The largest absolute Gasteiger partial charge is 0.376 e. The normalized spacial score (nSPS) is 19.9. The van der Waals surface area contributed by atoms with Gasteiger partial charge in [0.15, 0.2) is 0 Å². The Morgan fingerprint density at radius 2 is 1.57 bits per heavy atom. The van der Waals surface area contributed by atoms with Gasteiger partial charge in [-0.2, -0.15) is 0 Å². The van der Waals surface area contributed by atoms with Crippen LogP contribution < -0.4 is 26.6 Å². The Morgan fingerprint density at radius 1 is 0.941 bits per heavy atom. The first-order valence-electron chi connectivity index (χ1n) is 18.0. The van der Waals surface area contributed by atoms with Crippen molar-refractivity contribution in [1.82, 2.24) is 36.4 Å². The van der Waals surface area contributed by atoms with Crippen LogP contribution in [-0.4, -0.2) is 107 Å². The van der Waals surface area contributed by atoms with Crippen molar-refractivity contribution < 1.29 is 33.9 Å². The predicted octanol–water partition coefficient (Wildman–Crippen LogP) is 1.69. The second-order valence-electron chi connectivity index (χ2n) is 15.8. The molecule has 51 heavy (non-hydrogen) atoms. The minimum absolute atomic E-state index is 0.0809. The highest BCUT2D eigenvalue weighted by Crippen LogP contribution is 2.36. The van der Waals surface area contributed by atoms with Gasteiger partial charge in [-0.15, -0.1) is 0 Å². The zero-order chi connectivity index (χ0) is 38.2. The summed E-state index contributed by atoms with van der Waals surface area (Å²) in [5.41, 5.74) is 0.0558. The number of benzene rings is 1. The lowest BCUT2D eigenvalue weighted by Gasteiger charge is -2.38. The van der Waals surface area contributed by atoms with Crippen molar-refractivity contribution in [2.45, 2.75) is 110 Å². The molecular formula is C37H59N7O7. The molecule has 2 aliphatic rings. The Labute approximate surface area is 302 Å². The van der Waals surface area contributed by atoms with E-state index in [-0.39, 0.29) is 35.5 Å². The molecule has 284 valence electrons. The monoisotopic (exact) mass is 713 g/mol. The van der Waals surface area contributed by atoms with Crippen LogP contribution in [0.5, 0.6) is 0 Å². The predicted molar refractivity (Wildman–Crippen MR) is 193 cm³/mol. The Bertz CT molecular complexity index is 1390. The molecule has 6 amide bonds. The van der Waals surface area contributed by atoms with Gasteiger partial charge < -0.3 is 36.2 Å². The Morgan fingerprint density at radius 3 is 2.10 bits per heavy atom. The summed E-state index contributed by atoms with van der Waals surface area (Å²) in [6, 6.07) is 4.60. The van der Waals surface area contributed by atoms with Gasteiger partial charge in [0, 0.05) is 26.2 Å². The highest BCUT2D eigenvalue weighted by Gasteiger charge is 2.46. The minimum atomic E-state index is -1.35. The fraction of sp³-hybridized carbons (Fsp3) is 0.676. The number of amides is 6. The molecule has 6 N–H and O–H groups in total. The van der Waals surface area contributed by atoms with E-state index >= 15 is 0 Å². The lowest BCUT2D eigenvalue weighted by Crippen LogP contribution is -2.61. The second-order valence-corrected chi connectivity index (χ2v) is 15.8. The summed E-state index contributed by atoms with van der Waals surface area (Å²) in [4.78, 5) is 82.2. The highest BCUT2D eigenvalue weighted by atomic mass is 16.3. The van der Waals surface area contributed by atoms with E-state index in [1.165, 1.54) is 4.90 Å². The molecule has 1 saturated carbocycles. The average Bonchev–Trinajstić information content (AvgIpc) is 3.75. The molecule has 1 aromatic rings. The fourth-order valence-corrected chi connectivity index (χ4v) is 6.49. The summed E-state index contributed by atoms with van der Waals surface area (Å²) in [6.07, 6.45) is 1.33. The quantitative estimate of drug-likeness (QED) is 0.110. The van der Waals surface area contributed by atoms with Crippen molar-refractivity contribution in [2.75, 3.05) is 27.2 Å². The summed E-state index contributed by atoms with van der Waals surface area (Å²) in [5.74, 6) is -3.29. The Kier molecular flexibility index (Phi) is 14.6. The number of nitrogens with one attached hydrogen (secondary N) is 5. The number of aliphatic hydroxyl groups is 1. The smallest absolute Gasteiger partial charge is 0.315 e. The second kappa shape index (κ2) is 17.9. The molecule has 2 unspecified atom stereocenters. The molecule has 0 radical (unpaired) electrons. The van der Waals surface area contributed by atoms with Gasteiger partial charge in [0.05, 0.1) is 18.6 Å². The number of aliphatic hydroxyl groups excluding tert-OH is 1. The number of nitrogens with zero attached hydrogens (tertiary/aromatic N) is 2. The van der Waals surface area contributed by atoms with Crippen LogP contribution in [0.15, 0.2) is 30.3 Å². The SMILES string of the molecule is CC(C)[C@H](NC(=O)NC(C)(C)C)C(=O)N1CC[C@H](C(C)C)[C@H]1C(O)NC(CC1CC1)C(=O)C(=O)NCC(=O)N[C@H](C(=O)N(C)C)c1ccccc1. The van der Waals surface area contributed by atoms with E-state index < -0.39 is 66.1 Å². The number of hydrogen-bond acceptors (Lipinski definition) is 8. The van der Waals surface area contributed by atoms with E-state index in [0.717, 1.165) is 12.8 Å². The molecule has 14 heteroatoms. The maximum Gasteiger partial charge on any atom is 0.315 e. The lowest BCUT2D eigenvalue weighted by atomic mass is 9.87. The zero-order valence-corrected chi connectivity index (χ0v) is 31.6. The molecule has 0 spiro atoms. The summed E-state index contributed by atoms with van der Waals surface area (Å²) in [6.45, 7) is 13.0. The molecule has 1 saturated heterocycles. The number of Topliss-reactive ketones (excluding diaryl/α,β-unsaturated/α-hetero) is 1. The lowest BCUT2D eigenvalue weighted by molar-refractivity contribution is -0.142. The summed E-state index contributed by atoms with van der Waals surface area (Å²) >= 11 is 0. The molecule has 14 nitrogen and oxygen atoms in total. The molecule has 3 rings (SSSR count). The highest BCUT2D eigenvalue weighted by molar-refractivity contribution is 6.38. The number of ketones is 1. The maximum absolute atomic E-state index is 14.0. The first-order chi connectivity index (χ1) is 23.8. The van der Waals surface area contributed by atoms with Crippen LogP contribution in [0.25, 0.3) is 0 Å². The molecule has 1 aromatic carbocycles. The first kappa shape index (κ1) is 41.4. The molecule has 0 bridgehead atoms. The third-order valence-electron chi connectivity index (χ3n) is 9.39. The summed E-state index contributed by atoms with van der Waals surface area (Å²) in [5, 5.41) is 25.4. The van der Waals surface area contributed by atoms with E-state index in [4.69, 9.17) is 0 Å². The average molecular weight is 714 g/mol.